The second-order valence-electron chi connectivity index (χ2n) is 8.50. The first-order valence-electron chi connectivity index (χ1n) is 10.8. The van der Waals surface area contributed by atoms with E-state index in [1.54, 1.807) is 6.20 Å². The molecule has 1 saturated heterocycles. The third-order valence-corrected chi connectivity index (χ3v) is 6.28. The first-order chi connectivity index (χ1) is 14.6. The van der Waals surface area contributed by atoms with Gasteiger partial charge in [-0.3, -0.25) is 14.8 Å². The van der Waals surface area contributed by atoms with Crippen LogP contribution < -0.4 is 16.4 Å². The summed E-state index contributed by atoms with van der Waals surface area (Å²) in [6, 6.07) is 10.6. The number of hydrogen-bond donors (Lipinski definition) is 2. The highest BCUT2D eigenvalue weighted by molar-refractivity contribution is 5.97. The number of nitrogens with two attached hydrogens (primary N) is 2. The molecule has 0 saturated carbocycles. The number of hydrogen-bond acceptors (Lipinski definition) is 5. The number of fused-ring (bicyclic) bond motifs is 2. The summed E-state index contributed by atoms with van der Waals surface area (Å²) in [5, 5.41) is 1.19. The molecule has 1 atom stereocenters. The number of carbonyl (C=O) groups is 1. The topological polar surface area (TPSA) is 98.1 Å². The van der Waals surface area contributed by atoms with Crippen molar-refractivity contribution in [3.05, 3.63) is 53.5 Å². The Morgan fingerprint density at radius 1 is 1.13 bits per heavy atom. The normalized spacial score (nSPS) is 18.6. The molecule has 0 bridgehead atoms. The number of benzene rings is 1. The molecule has 6 heteroatoms. The van der Waals surface area contributed by atoms with E-state index < -0.39 is 0 Å². The zero-order chi connectivity index (χ0) is 20.7. The van der Waals surface area contributed by atoms with Gasteiger partial charge >= 0.3 is 0 Å². The van der Waals surface area contributed by atoms with Crippen LogP contribution >= 0.6 is 0 Å². The number of amides is 1. The highest BCUT2D eigenvalue weighted by Crippen LogP contribution is 2.39. The quantitative estimate of drug-likeness (QED) is 0.700. The van der Waals surface area contributed by atoms with Gasteiger partial charge in [0.1, 0.15) is 0 Å². The lowest BCUT2D eigenvalue weighted by Crippen LogP contribution is -2.28. The molecule has 1 aromatic carbocycles. The highest BCUT2D eigenvalue weighted by atomic mass is 16.1. The fourth-order valence-electron chi connectivity index (χ4n) is 4.86. The van der Waals surface area contributed by atoms with E-state index in [-0.39, 0.29) is 18.4 Å². The Kier molecular flexibility index (Phi) is 4.87. The van der Waals surface area contributed by atoms with Crippen LogP contribution in [0.2, 0.25) is 0 Å². The highest BCUT2D eigenvalue weighted by Gasteiger charge is 2.27. The van der Waals surface area contributed by atoms with Gasteiger partial charge < -0.3 is 16.4 Å². The van der Waals surface area contributed by atoms with Crippen LogP contribution in [0.3, 0.4) is 0 Å². The van der Waals surface area contributed by atoms with Crippen molar-refractivity contribution in [1.82, 2.24) is 9.97 Å². The van der Waals surface area contributed by atoms with Crippen molar-refractivity contribution in [3.63, 3.8) is 0 Å². The lowest BCUT2D eigenvalue weighted by atomic mass is 9.91. The average molecular weight is 402 g/mol. The maximum Gasteiger partial charge on any atom is 0.223 e. The van der Waals surface area contributed by atoms with Gasteiger partial charge in [-0.05, 0) is 73.1 Å². The molecule has 6 nitrogen and oxygen atoms in total. The minimum Gasteiger partial charge on any atom is -0.369 e. The number of aromatic nitrogens is 2. The summed E-state index contributed by atoms with van der Waals surface area (Å²) < 4.78 is 0. The number of aryl methyl sites for hydroxylation is 1. The fraction of sp³-hybridized carbons (Fsp3) is 0.375. The molecule has 2 aromatic heterocycles. The van der Waals surface area contributed by atoms with Gasteiger partial charge in [0, 0.05) is 36.4 Å². The average Bonchev–Trinajstić information content (AvgIpc) is 3.17. The third kappa shape index (κ3) is 3.52. The number of nitrogens with zero attached hydrogens (tertiary/aromatic N) is 3. The third-order valence-electron chi connectivity index (χ3n) is 6.28. The van der Waals surface area contributed by atoms with Gasteiger partial charge in [0.25, 0.3) is 0 Å². The molecule has 1 fully saturated rings. The molecule has 154 valence electrons. The Morgan fingerprint density at radius 2 is 1.97 bits per heavy atom. The molecule has 3 aromatic rings. The Balaban J connectivity index is 1.66. The number of carbonyl (C=O) groups excluding carboxylic acids is 1. The molecule has 1 aliphatic carbocycles. The summed E-state index contributed by atoms with van der Waals surface area (Å²) in [5.41, 5.74) is 19.5. The van der Waals surface area contributed by atoms with E-state index in [9.17, 15) is 4.79 Å². The van der Waals surface area contributed by atoms with E-state index in [0.717, 1.165) is 49.0 Å². The Hall–Kier alpha value is -2.99. The van der Waals surface area contributed by atoms with E-state index >= 15 is 0 Å². The summed E-state index contributed by atoms with van der Waals surface area (Å²) in [6.07, 6.45) is 7.48. The molecule has 30 heavy (non-hydrogen) atoms. The number of primary amides is 1. The van der Waals surface area contributed by atoms with Gasteiger partial charge in [-0.2, -0.15) is 0 Å². The SMILES string of the molecule is NC(=O)Cc1cc(-c2ccc3nc4c(c(N5CC[C@H](N)C5)c3c2)CCCC4)ccn1. The molecule has 0 spiro atoms. The minimum absolute atomic E-state index is 0.146. The number of pyridine rings is 2. The van der Waals surface area contributed by atoms with Crippen molar-refractivity contribution in [2.24, 2.45) is 11.5 Å². The molecule has 1 aliphatic heterocycles. The van der Waals surface area contributed by atoms with Gasteiger partial charge in [-0.1, -0.05) is 6.07 Å². The molecule has 2 aliphatic rings. The number of rotatable bonds is 4. The first-order valence-corrected chi connectivity index (χ1v) is 10.8. The van der Waals surface area contributed by atoms with Gasteiger partial charge in [0.2, 0.25) is 5.91 Å². The molecule has 5 rings (SSSR count). The molecular formula is C24H27N5O. The maximum absolute atomic E-state index is 11.3. The van der Waals surface area contributed by atoms with Crippen molar-refractivity contribution in [2.75, 3.05) is 18.0 Å². The van der Waals surface area contributed by atoms with Gasteiger partial charge in [-0.15, -0.1) is 0 Å². The van der Waals surface area contributed by atoms with E-state index in [1.807, 2.05) is 12.1 Å². The van der Waals surface area contributed by atoms with Crippen LogP contribution in [0, 0.1) is 0 Å². The Bertz CT molecular complexity index is 1130. The monoisotopic (exact) mass is 401 g/mol. The predicted molar refractivity (Wildman–Crippen MR) is 119 cm³/mol. The lowest BCUT2D eigenvalue weighted by Gasteiger charge is -2.28. The summed E-state index contributed by atoms with van der Waals surface area (Å²) >= 11 is 0. The van der Waals surface area contributed by atoms with Gasteiger partial charge in [-0.25, -0.2) is 0 Å². The molecule has 0 unspecified atom stereocenters. The van der Waals surface area contributed by atoms with Crippen LogP contribution in [0.25, 0.3) is 22.0 Å². The Morgan fingerprint density at radius 3 is 2.77 bits per heavy atom. The zero-order valence-corrected chi connectivity index (χ0v) is 17.1. The summed E-state index contributed by atoms with van der Waals surface area (Å²) in [5.74, 6) is -0.373. The lowest BCUT2D eigenvalue weighted by molar-refractivity contribution is -0.117. The fourth-order valence-corrected chi connectivity index (χ4v) is 4.86. The van der Waals surface area contributed by atoms with Crippen molar-refractivity contribution in [1.29, 1.82) is 0 Å². The second-order valence-corrected chi connectivity index (χ2v) is 8.50. The molecular weight excluding hydrogens is 374 g/mol. The van der Waals surface area contributed by atoms with Crippen LogP contribution in [0.15, 0.2) is 36.5 Å². The molecule has 4 N–H and O–H groups in total. The van der Waals surface area contributed by atoms with E-state index in [1.165, 1.54) is 35.2 Å². The van der Waals surface area contributed by atoms with Crippen molar-refractivity contribution in [3.8, 4) is 11.1 Å². The van der Waals surface area contributed by atoms with Crippen molar-refractivity contribution in [2.45, 2.75) is 44.6 Å². The molecule has 1 amide bonds. The van der Waals surface area contributed by atoms with Crippen molar-refractivity contribution < 1.29 is 4.79 Å². The van der Waals surface area contributed by atoms with E-state index in [2.05, 4.69) is 28.1 Å². The first kappa shape index (κ1) is 19.0. The van der Waals surface area contributed by atoms with Crippen LogP contribution in [-0.4, -0.2) is 35.0 Å². The molecule has 0 radical (unpaired) electrons. The zero-order valence-electron chi connectivity index (χ0n) is 17.1. The standard InChI is InChI=1S/C24H27N5O/c25-17-8-10-29(14-17)24-19-3-1-2-4-21(19)28-22-6-5-15(12-20(22)24)16-7-9-27-18(11-16)13-23(26)30/h5-7,9,11-12,17H,1-4,8,10,13-14,25H2,(H2,26,30)/t17-/m0/s1. The summed E-state index contributed by atoms with van der Waals surface area (Å²) in [7, 11) is 0. The van der Waals surface area contributed by atoms with Crippen molar-refractivity contribution >= 4 is 22.5 Å². The van der Waals surface area contributed by atoms with E-state index in [0.29, 0.717) is 5.69 Å². The predicted octanol–water partition coefficient (Wildman–Crippen LogP) is 2.74. The van der Waals surface area contributed by atoms with Crippen LogP contribution in [0.5, 0.6) is 0 Å². The Labute approximate surface area is 176 Å². The largest absolute Gasteiger partial charge is 0.369 e. The smallest absolute Gasteiger partial charge is 0.223 e. The maximum atomic E-state index is 11.3. The van der Waals surface area contributed by atoms with Crippen LogP contribution in [0.4, 0.5) is 5.69 Å². The van der Waals surface area contributed by atoms with Gasteiger partial charge in [0.15, 0.2) is 0 Å². The summed E-state index contributed by atoms with van der Waals surface area (Å²) in [4.78, 5) is 23.1. The summed E-state index contributed by atoms with van der Waals surface area (Å²) in [6.45, 7) is 1.89. The van der Waals surface area contributed by atoms with Crippen LogP contribution in [-0.2, 0) is 24.1 Å². The number of anilines is 1. The van der Waals surface area contributed by atoms with Gasteiger partial charge in [0.05, 0.1) is 23.3 Å². The van der Waals surface area contributed by atoms with Crippen LogP contribution in [0.1, 0.15) is 36.2 Å². The van der Waals surface area contributed by atoms with E-state index in [4.69, 9.17) is 16.5 Å². The molecule has 3 heterocycles. The minimum atomic E-state index is -0.373. The second kappa shape index (κ2) is 7.69.